The van der Waals surface area contributed by atoms with Crippen LogP contribution < -0.4 is 5.73 Å². The number of carbonyl (C=O) groups is 1. The molecule has 0 aliphatic heterocycles. The summed E-state index contributed by atoms with van der Waals surface area (Å²) < 4.78 is 44.8. The van der Waals surface area contributed by atoms with E-state index in [2.05, 4.69) is 14.8 Å². The third-order valence-corrected chi connectivity index (χ3v) is 3.42. The van der Waals surface area contributed by atoms with Crippen LogP contribution in [0.1, 0.15) is 16.2 Å². The first kappa shape index (κ1) is 15.8. The molecule has 0 atom stereocenters. The first-order valence-corrected chi connectivity index (χ1v) is 6.71. The maximum Gasteiger partial charge on any atom is 0.433 e. The number of nitrogens with two attached hydrogens (primary N) is 1. The Bertz CT molecular complexity index is 934. The van der Waals surface area contributed by atoms with Crippen LogP contribution in [0.4, 0.5) is 19.0 Å². The second kappa shape index (κ2) is 5.52. The predicted octanol–water partition coefficient (Wildman–Crippen LogP) is 2.81. The van der Waals surface area contributed by atoms with Crippen molar-refractivity contribution < 1.29 is 22.7 Å². The average molecular weight is 336 g/mol. The highest BCUT2D eigenvalue weighted by Gasteiger charge is 2.37. The number of halogens is 3. The van der Waals surface area contributed by atoms with Crippen molar-refractivity contribution >= 4 is 22.6 Å². The molecule has 0 amide bonds. The number of anilines is 1. The van der Waals surface area contributed by atoms with Gasteiger partial charge in [-0.1, -0.05) is 6.07 Å². The smallest absolute Gasteiger partial charge is 0.433 e. The minimum Gasteiger partial charge on any atom is -0.464 e. The Hall–Kier alpha value is -3.10. The van der Waals surface area contributed by atoms with Gasteiger partial charge in [0.15, 0.2) is 5.69 Å². The molecule has 124 valence electrons. The summed E-state index contributed by atoms with van der Waals surface area (Å²) in [5.74, 6) is -0.774. The molecule has 0 bridgehead atoms. The van der Waals surface area contributed by atoms with Gasteiger partial charge >= 0.3 is 12.1 Å². The standard InChI is InChI=1S/C15H11F3N4O2/c1-24-14(23)11-7-12(15(16,17)18)22(21-11)9-3-2-8-4-5-20-13(19)10(8)6-9/h2-7H,1H3,(H2,19,20). The molecule has 3 aromatic rings. The van der Waals surface area contributed by atoms with Gasteiger partial charge in [0.2, 0.25) is 0 Å². The number of carbonyl (C=O) groups excluding carboxylic acids is 1. The molecule has 1 aromatic carbocycles. The largest absolute Gasteiger partial charge is 0.464 e. The number of nitrogen functional groups attached to an aromatic ring is 1. The van der Waals surface area contributed by atoms with Crippen molar-refractivity contribution in [3.63, 3.8) is 0 Å². The van der Waals surface area contributed by atoms with Crippen molar-refractivity contribution in [2.45, 2.75) is 6.18 Å². The van der Waals surface area contributed by atoms with Gasteiger partial charge in [-0.3, -0.25) is 0 Å². The van der Waals surface area contributed by atoms with E-state index in [0.717, 1.165) is 12.5 Å². The molecule has 0 radical (unpaired) electrons. The van der Waals surface area contributed by atoms with E-state index in [1.165, 1.54) is 18.3 Å². The lowest BCUT2D eigenvalue weighted by atomic mass is 10.1. The monoisotopic (exact) mass is 336 g/mol. The number of hydrogen-bond acceptors (Lipinski definition) is 5. The Labute approximate surface area is 133 Å². The first-order chi connectivity index (χ1) is 11.3. The van der Waals surface area contributed by atoms with Crippen molar-refractivity contribution in [3.05, 3.63) is 47.9 Å². The summed E-state index contributed by atoms with van der Waals surface area (Å²) in [7, 11) is 1.07. The van der Waals surface area contributed by atoms with Crippen LogP contribution in [0, 0.1) is 0 Å². The lowest BCUT2D eigenvalue weighted by molar-refractivity contribution is -0.142. The van der Waals surface area contributed by atoms with Gasteiger partial charge in [0.05, 0.1) is 12.8 Å². The van der Waals surface area contributed by atoms with Crippen LogP contribution in [0.25, 0.3) is 16.5 Å². The van der Waals surface area contributed by atoms with Crippen LogP contribution in [0.15, 0.2) is 36.5 Å². The second-order valence-electron chi connectivity index (χ2n) is 4.92. The fourth-order valence-corrected chi connectivity index (χ4v) is 2.29. The van der Waals surface area contributed by atoms with E-state index in [0.29, 0.717) is 16.1 Å². The van der Waals surface area contributed by atoms with Crippen LogP contribution in [-0.2, 0) is 10.9 Å². The Morgan fingerprint density at radius 3 is 2.67 bits per heavy atom. The lowest BCUT2D eigenvalue weighted by Crippen LogP contribution is -2.13. The summed E-state index contributed by atoms with van der Waals surface area (Å²) in [6.07, 6.45) is -3.20. The number of aromatic nitrogens is 3. The van der Waals surface area contributed by atoms with Crippen LogP contribution in [0.3, 0.4) is 0 Å². The van der Waals surface area contributed by atoms with E-state index in [1.807, 2.05) is 0 Å². The van der Waals surface area contributed by atoms with Crippen LogP contribution in [0.5, 0.6) is 0 Å². The predicted molar refractivity (Wildman–Crippen MR) is 79.6 cm³/mol. The van der Waals surface area contributed by atoms with Crippen molar-refractivity contribution in [2.75, 3.05) is 12.8 Å². The number of nitrogens with zero attached hydrogens (tertiary/aromatic N) is 3. The molecule has 0 saturated heterocycles. The molecular weight excluding hydrogens is 325 g/mol. The summed E-state index contributed by atoms with van der Waals surface area (Å²) in [4.78, 5) is 15.4. The summed E-state index contributed by atoms with van der Waals surface area (Å²) in [5.41, 5.74) is 4.33. The van der Waals surface area contributed by atoms with Gasteiger partial charge in [-0.15, -0.1) is 0 Å². The van der Waals surface area contributed by atoms with Crippen molar-refractivity contribution in [2.24, 2.45) is 0 Å². The van der Waals surface area contributed by atoms with E-state index in [9.17, 15) is 18.0 Å². The molecule has 0 aliphatic carbocycles. The summed E-state index contributed by atoms with van der Waals surface area (Å²) >= 11 is 0. The quantitative estimate of drug-likeness (QED) is 0.728. The number of rotatable bonds is 2. The van der Waals surface area contributed by atoms with Crippen molar-refractivity contribution in [3.8, 4) is 5.69 Å². The molecule has 0 saturated carbocycles. The fraction of sp³-hybridized carbons (Fsp3) is 0.133. The second-order valence-corrected chi connectivity index (χ2v) is 4.92. The zero-order chi connectivity index (χ0) is 17.5. The molecule has 0 spiro atoms. The third kappa shape index (κ3) is 2.64. The summed E-state index contributed by atoms with van der Waals surface area (Å²) in [5, 5.41) is 4.92. The van der Waals surface area contributed by atoms with Gasteiger partial charge in [-0.25, -0.2) is 14.5 Å². The molecule has 24 heavy (non-hydrogen) atoms. The fourth-order valence-electron chi connectivity index (χ4n) is 2.29. The van der Waals surface area contributed by atoms with E-state index in [1.54, 1.807) is 12.1 Å². The Morgan fingerprint density at radius 1 is 1.25 bits per heavy atom. The molecule has 0 unspecified atom stereocenters. The number of benzene rings is 1. The maximum atomic E-state index is 13.3. The molecule has 0 fully saturated rings. The zero-order valence-electron chi connectivity index (χ0n) is 12.3. The molecule has 9 heteroatoms. The van der Waals surface area contributed by atoms with Gasteiger partial charge in [0.25, 0.3) is 0 Å². The van der Waals surface area contributed by atoms with Crippen LogP contribution in [0.2, 0.25) is 0 Å². The highest BCUT2D eigenvalue weighted by atomic mass is 19.4. The Morgan fingerprint density at radius 2 is 2.00 bits per heavy atom. The maximum absolute atomic E-state index is 13.3. The van der Waals surface area contributed by atoms with Crippen LogP contribution >= 0.6 is 0 Å². The molecule has 2 N–H and O–H groups in total. The van der Waals surface area contributed by atoms with Gasteiger partial charge in [-0.2, -0.15) is 18.3 Å². The van der Waals surface area contributed by atoms with E-state index >= 15 is 0 Å². The highest BCUT2D eigenvalue weighted by molar-refractivity contribution is 5.92. The Kier molecular flexibility index (Phi) is 3.63. The number of pyridine rings is 1. The molecule has 2 aromatic heterocycles. The van der Waals surface area contributed by atoms with Crippen LogP contribution in [-0.4, -0.2) is 27.8 Å². The van der Waals surface area contributed by atoms with E-state index < -0.39 is 23.5 Å². The van der Waals surface area contributed by atoms with Crippen molar-refractivity contribution in [1.82, 2.24) is 14.8 Å². The summed E-state index contributed by atoms with van der Waals surface area (Å²) in [6.45, 7) is 0. The first-order valence-electron chi connectivity index (χ1n) is 6.71. The molecule has 3 rings (SSSR count). The minimum absolute atomic E-state index is 0.102. The van der Waals surface area contributed by atoms with Gasteiger partial charge in [0.1, 0.15) is 11.5 Å². The molecule has 2 heterocycles. The molecule has 6 nitrogen and oxygen atoms in total. The number of fused-ring (bicyclic) bond motifs is 1. The lowest BCUT2D eigenvalue weighted by Gasteiger charge is -2.11. The highest BCUT2D eigenvalue weighted by Crippen LogP contribution is 2.32. The number of hydrogen-bond donors (Lipinski definition) is 1. The van der Waals surface area contributed by atoms with Gasteiger partial charge in [0, 0.05) is 17.6 Å². The van der Waals surface area contributed by atoms with E-state index in [4.69, 9.17) is 5.73 Å². The van der Waals surface area contributed by atoms with Gasteiger partial charge < -0.3 is 10.5 Å². The number of methoxy groups -OCH3 is 1. The average Bonchev–Trinajstić information content (AvgIpc) is 3.00. The number of alkyl halides is 3. The van der Waals surface area contributed by atoms with Crippen molar-refractivity contribution in [1.29, 1.82) is 0 Å². The van der Waals surface area contributed by atoms with Gasteiger partial charge in [-0.05, 0) is 23.6 Å². The SMILES string of the molecule is COC(=O)c1cc(C(F)(F)F)n(-c2ccc3ccnc(N)c3c2)n1. The normalized spacial score (nSPS) is 11.7. The third-order valence-electron chi connectivity index (χ3n) is 3.42. The van der Waals surface area contributed by atoms with E-state index in [-0.39, 0.29) is 11.5 Å². The topological polar surface area (TPSA) is 83.0 Å². The minimum atomic E-state index is -4.70. The summed E-state index contributed by atoms with van der Waals surface area (Å²) in [6, 6.07) is 6.81. The zero-order valence-corrected chi connectivity index (χ0v) is 12.3. The molecule has 0 aliphatic rings. The number of ether oxygens (including phenoxy) is 1. The number of esters is 1. The molecular formula is C15H11F3N4O2. The Balaban J connectivity index is 2.23.